The maximum absolute atomic E-state index is 12.3. The fraction of sp³-hybridized carbons (Fsp3) is 0.211. The molecule has 9 heteroatoms. The Balaban J connectivity index is 1.61. The highest BCUT2D eigenvalue weighted by molar-refractivity contribution is 6.21. The third kappa shape index (κ3) is 4.13. The number of nitrogens with one attached hydrogen (secondary N) is 1. The molecule has 28 heavy (non-hydrogen) atoms. The number of amides is 3. The Kier molecular flexibility index (Phi) is 5.08. The summed E-state index contributed by atoms with van der Waals surface area (Å²) < 4.78 is 41.0. The fourth-order valence-corrected chi connectivity index (χ4v) is 2.66. The Labute approximate surface area is 157 Å². The van der Waals surface area contributed by atoms with Crippen LogP contribution in [0.3, 0.4) is 0 Å². The molecule has 0 spiro atoms. The predicted octanol–water partition coefficient (Wildman–Crippen LogP) is 2.78. The number of hydrogen-bond donors (Lipinski definition) is 1. The van der Waals surface area contributed by atoms with Crippen molar-refractivity contribution < 1.29 is 32.3 Å². The van der Waals surface area contributed by atoms with E-state index in [1.807, 2.05) is 0 Å². The van der Waals surface area contributed by atoms with Gasteiger partial charge in [0, 0.05) is 19.2 Å². The van der Waals surface area contributed by atoms with Gasteiger partial charge in [-0.15, -0.1) is 0 Å². The highest BCUT2D eigenvalue weighted by Crippen LogP contribution is 2.23. The van der Waals surface area contributed by atoms with E-state index in [4.69, 9.17) is 0 Å². The highest BCUT2D eigenvalue weighted by Gasteiger charge is 2.33. The molecule has 0 unspecified atom stereocenters. The summed E-state index contributed by atoms with van der Waals surface area (Å²) in [5.74, 6) is -1.27. The second kappa shape index (κ2) is 7.34. The maximum atomic E-state index is 12.3. The van der Waals surface area contributed by atoms with Crippen LogP contribution in [0.1, 0.15) is 36.6 Å². The molecule has 1 N–H and O–H groups in total. The molecule has 1 heterocycles. The zero-order chi connectivity index (χ0) is 20.5. The molecule has 0 fully saturated rings. The van der Waals surface area contributed by atoms with Crippen molar-refractivity contribution in [1.82, 2.24) is 10.2 Å². The first-order valence-electron chi connectivity index (χ1n) is 8.19. The minimum Gasteiger partial charge on any atom is -0.484 e. The smallest absolute Gasteiger partial charge is 0.422 e. The summed E-state index contributed by atoms with van der Waals surface area (Å²) in [5.41, 5.74) is 1.30. The normalized spacial score (nSPS) is 13.5. The van der Waals surface area contributed by atoms with Crippen molar-refractivity contribution in [1.29, 1.82) is 0 Å². The van der Waals surface area contributed by atoms with Gasteiger partial charge in [0.05, 0.1) is 11.1 Å². The number of halogens is 3. The van der Waals surface area contributed by atoms with E-state index in [-0.39, 0.29) is 29.0 Å². The number of rotatable bonds is 5. The van der Waals surface area contributed by atoms with Crippen LogP contribution in [0.25, 0.3) is 0 Å². The first kappa shape index (κ1) is 19.4. The van der Waals surface area contributed by atoms with Gasteiger partial charge in [0.2, 0.25) is 0 Å². The molecule has 146 valence electrons. The number of alkyl halides is 3. The van der Waals surface area contributed by atoms with Crippen molar-refractivity contribution in [2.75, 3.05) is 13.7 Å². The van der Waals surface area contributed by atoms with Crippen molar-refractivity contribution in [2.45, 2.75) is 12.7 Å². The molecule has 3 amide bonds. The second-order valence-electron chi connectivity index (χ2n) is 6.16. The van der Waals surface area contributed by atoms with Gasteiger partial charge in [0.15, 0.2) is 6.61 Å². The van der Waals surface area contributed by atoms with Gasteiger partial charge in [0.1, 0.15) is 5.75 Å². The largest absolute Gasteiger partial charge is 0.484 e. The molecule has 0 saturated heterocycles. The number of benzene rings is 2. The van der Waals surface area contributed by atoms with Gasteiger partial charge >= 0.3 is 6.18 Å². The first-order valence-corrected chi connectivity index (χ1v) is 8.19. The van der Waals surface area contributed by atoms with E-state index in [1.54, 1.807) is 0 Å². The number of ether oxygens (including phenoxy) is 1. The van der Waals surface area contributed by atoms with E-state index in [0.717, 1.165) is 4.90 Å². The molecule has 0 saturated carbocycles. The molecular weight excluding hydrogens is 377 g/mol. The summed E-state index contributed by atoms with van der Waals surface area (Å²) in [6.45, 7) is -1.25. The second-order valence-corrected chi connectivity index (χ2v) is 6.16. The molecule has 0 atom stereocenters. The van der Waals surface area contributed by atoms with Crippen molar-refractivity contribution in [2.24, 2.45) is 0 Å². The topological polar surface area (TPSA) is 75.7 Å². The van der Waals surface area contributed by atoms with E-state index in [0.29, 0.717) is 5.56 Å². The summed E-state index contributed by atoms with van der Waals surface area (Å²) in [6, 6.07) is 10.1. The van der Waals surface area contributed by atoms with Gasteiger partial charge < -0.3 is 10.1 Å². The lowest BCUT2D eigenvalue weighted by atomic mass is 10.1. The van der Waals surface area contributed by atoms with Crippen LogP contribution in [0.4, 0.5) is 13.2 Å². The van der Waals surface area contributed by atoms with Crippen LogP contribution in [0.5, 0.6) is 5.75 Å². The minimum atomic E-state index is -4.41. The van der Waals surface area contributed by atoms with Crippen molar-refractivity contribution in [3.63, 3.8) is 0 Å². The molecule has 0 radical (unpaired) electrons. The predicted molar refractivity (Wildman–Crippen MR) is 92.0 cm³/mol. The number of hydrogen-bond acceptors (Lipinski definition) is 4. The lowest BCUT2D eigenvalue weighted by Crippen LogP contribution is -2.24. The molecular formula is C19H15F3N2O4. The number of carbonyl (C=O) groups excluding carboxylic acids is 3. The Morgan fingerprint density at radius 2 is 1.68 bits per heavy atom. The van der Waals surface area contributed by atoms with E-state index < -0.39 is 30.5 Å². The van der Waals surface area contributed by atoms with E-state index in [9.17, 15) is 27.6 Å². The molecule has 1 aliphatic rings. The summed E-state index contributed by atoms with van der Waals surface area (Å²) in [5, 5.41) is 2.65. The number of nitrogens with zero attached hydrogens (tertiary/aromatic N) is 1. The Hall–Kier alpha value is -3.36. The van der Waals surface area contributed by atoms with E-state index in [2.05, 4.69) is 10.1 Å². The third-order valence-corrected chi connectivity index (χ3v) is 4.13. The molecule has 2 aromatic rings. The van der Waals surface area contributed by atoms with Crippen molar-refractivity contribution in [3.8, 4) is 5.75 Å². The summed E-state index contributed by atoms with van der Waals surface area (Å²) in [4.78, 5) is 37.1. The molecule has 1 aliphatic heterocycles. The van der Waals surface area contributed by atoms with Gasteiger partial charge in [-0.3, -0.25) is 19.3 Å². The van der Waals surface area contributed by atoms with Crippen LogP contribution >= 0.6 is 0 Å². The third-order valence-electron chi connectivity index (χ3n) is 4.13. The lowest BCUT2D eigenvalue weighted by molar-refractivity contribution is -0.153. The first-order chi connectivity index (χ1) is 13.2. The zero-order valence-corrected chi connectivity index (χ0v) is 14.7. The quantitative estimate of drug-likeness (QED) is 0.794. The van der Waals surface area contributed by atoms with Crippen LogP contribution in [-0.4, -0.2) is 42.5 Å². The van der Waals surface area contributed by atoms with Gasteiger partial charge in [-0.1, -0.05) is 12.1 Å². The summed E-state index contributed by atoms with van der Waals surface area (Å²) in [7, 11) is 1.37. The van der Waals surface area contributed by atoms with Crippen LogP contribution in [0, 0.1) is 0 Å². The van der Waals surface area contributed by atoms with Crippen LogP contribution in [0.15, 0.2) is 42.5 Å². The van der Waals surface area contributed by atoms with Crippen molar-refractivity contribution >= 4 is 17.7 Å². The summed E-state index contributed by atoms with van der Waals surface area (Å²) in [6.07, 6.45) is -4.41. The van der Waals surface area contributed by atoms with Crippen LogP contribution < -0.4 is 10.1 Å². The SMILES string of the molecule is CN1C(=O)c2ccc(C(=O)NCc3ccc(OCC(F)(F)F)cc3)cc2C1=O. The maximum Gasteiger partial charge on any atom is 0.422 e. The molecule has 3 rings (SSSR count). The number of carbonyl (C=O) groups is 3. The number of fused-ring (bicyclic) bond motifs is 1. The average molecular weight is 392 g/mol. The van der Waals surface area contributed by atoms with Crippen molar-refractivity contribution in [3.05, 3.63) is 64.7 Å². The Morgan fingerprint density at radius 3 is 2.32 bits per heavy atom. The Morgan fingerprint density at radius 1 is 1.04 bits per heavy atom. The standard InChI is InChI=1S/C19H15F3N2O4/c1-24-17(26)14-7-4-12(8-15(14)18(24)27)16(25)23-9-11-2-5-13(6-3-11)28-10-19(20,21)22/h2-8H,9-10H2,1H3,(H,23,25). The van der Waals surface area contributed by atoms with Gasteiger partial charge in [-0.2, -0.15) is 13.2 Å². The molecule has 0 aromatic heterocycles. The lowest BCUT2D eigenvalue weighted by Gasteiger charge is -2.10. The van der Waals surface area contributed by atoms with Gasteiger partial charge in [-0.25, -0.2) is 0 Å². The number of imide groups is 1. The average Bonchev–Trinajstić information content (AvgIpc) is 2.88. The van der Waals surface area contributed by atoms with Gasteiger partial charge in [0.25, 0.3) is 17.7 Å². The molecule has 6 nitrogen and oxygen atoms in total. The summed E-state index contributed by atoms with van der Waals surface area (Å²) >= 11 is 0. The molecule has 2 aromatic carbocycles. The molecule has 0 bridgehead atoms. The highest BCUT2D eigenvalue weighted by atomic mass is 19.4. The monoisotopic (exact) mass is 392 g/mol. The fourth-order valence-electron chi connectivity index (χ4n) is 2.66. The minimum absolute atomic E-state index is 0.0679. The molecule has 0 aliphatic carbocycles. The van der Waals surface area contributed by atoms with Crippen LogP contribution in [0.2, 0.25) is 0 Å². The zero-order valence-electron chi connectivity index (χ0n) is 14.7. The van der Waals surface area contributed by atoms with E-state index in [1.165, 1.54) is 49.5 Å². The Bertz CT molecular complexity index is 939. The van der Waals surface area contributed by atoms with E-state index >= 15 is 0 Å². The van der Waals surface area contributed by atoms with Gasteiger partial charge in [-0.05, 0) is 35.9 Å². The van der Waals surface area contributed by atoms with Crippen LogP contribution in [-0.2, 0) is 6.54 Å².